The lowest BCUT2D eigenvalue weighted by Crippen LogP contribution is -2.35. The van der Waals surface area contributed by atoms with Crippen molar-refractivity contribution in [3.05, 3.63) is 0 Å². The van der Waals surface area contributed by atoms with Gasteiger partial charge in [-0.2, -0.15) is 9.65 Å². The van der Waals surface area contributed by atoms with Crippen LogP contribution in [0.25, 0.3) is 0 Å². The lowest BCUT2D eigenvalue weighted by molar-refractivity contribution is 0.392. The van der Waals surface area contributed by atoms with Gasteiger partial charge in [0.15, 0.2) is 0 Å². The van der Waals surface area contributed by atoms with E-state index in [1.54, 1.807) is 0 Å². The third-order valence-corrected chi connectivity index (χ3v) is 10.1. The Balaban J connectivity index is 2.34. The van der Waals surface area contributed by atoms with Gasteiger partial charge in [0.25, 0.3) is 0 Å². The van der Waals surface area contributed by atoms with Crippen LogP contribution in [0.15, 0.2) is 0 Å². The first-order chi connectivity index (χ1) is 9.12. The van der Waals surface area contributed by atoms with Crippen LogP contribution in [0.2, 0.25) is 0 Å². The summed E-state index contributed by atoms with van der Waals surface area (Å²) in [6.07, 6.45) is 6.57. The van der Waals surface area contributed by atoms with Crippen LogP contribution in [0.5, 0.6) is 0 Å². The summed E-state index contributed by atoms with van der Waals surface area (Å²) in [4.78, 5) is 0. The van der Waals surface area contributed by atoms with E-state index in [1.807, 2.05) is 0 Å². The maximum atomic E-state index is 12.7. The Hall–Kier alpha value is -0.0400. The molecule has 0 atom stereocenters. The van der Waals surface area contributed by atoms with Crippen LogP contribution in [0.4, 0.5) is 0 Å². The van der Waals surface area contributed by atoms with Gasteiger partial charge in [0.1, 0.15) is 0 Å². The summed E-state index contributed by atoms with van der Waals surface area (Å²) >= 11 is 0. The lowest BCUT2D eigenvalue weighted by atomic mass is 9.96. The predicted molar refractivity (Wildman–Crippen MR) is 89.0 cm³/mol. The molecule has 0 bridgehead atoms. The van der Waals surface area contributed by atoms with E-state index in [9.17, 15) is 4.57 Å². The quantitative estimate of drug-likeness (QED) is 0.792. The van der Waals surface area contributed by atoms with Crippen molar-refractivity contribution in [2.24, 2.45) is 0 Å². The predicted octanol–water partition coefficient (Wildman–Crippen LogP) is 5.40. The van der Waals surface area contributed by atoms with Gasteiger partial charge in [-0.25, -0.2) is 0 Å². The average molecular weight is 318 g/mol. The van der Waals surface area contributed by atoms with Crippen LogP contribution in [-0.4, -0.2) is 14.2 Å². The fourth-order valence-electron chi connectivity index (χ4n) is 2.86. The van der Waals surface area contributed by atoms with Crippen LogP contribution >= 0.6 is 15.7 Å². The Kier molecular flexibility index (Phi) is 4.60. The molecule has 0 unspecified atom stereocenters. The first kappa shape index (κ1) is 16.3. The molecule has 0 amide bonds. The minimum atomic E-state index is -1.40. The zero-order chi connectivity index (χ0) is 15.1. The molecule has 0 radical (unpaired) electrons. The van der Waals surface area contributed by atoms with Gasteiger partial charge in [0.2, 0.25) is 8.00 Å². The van der Waals surface area contributed by atoms with Crippen molar-refractivity contribution < 1.29 is 4.57 Å². The zero-order valence-corrected chi connectivity index (χ0v) is 15.6. The van der Waals surface area contributed by atoms with E-state index < -0.39 is 15.7 Å². The van der Waals surface area contributed by atoms with Crippen molar-refractivity contribution in [1.82, 2.24) is 8.18 Å². The average Bonchev–Trinajstić information content (AvgIpc) is 2.25. The fourth-order valence-corrected chi connectivity index (χ4v) is 8.06. The van der Waals surface area contributed by atoms with Crippen LogP contribution in [0.3, 0.4) is 0 Å². The van der Waals surface area contributed by atoms with E-state index in [-0.39, 0.29) is 11.1 Å². The van der Waals surface area contributed by atoms with Gasteiger partial charge in [0.05, 0.1) is 11.1 Å². The van der Waals surface area contributed by atoms with Gasteiger partial charge >= 0.3 is 7.73 Å². The van der Waals surface area contributed by atoms with Crippen molar-refractivity contribution in [3.63, 3.8) is 0 Å². The highest BCUT2D eigenvalue weighted by Gasteiger charge is 2.40. The molecular formula is C14H30N3OP2+. The van der Waals surface area contributed by atoms with Crippen LogP contribution < -0.4 is 5.09 Å². The van der Waals surface area contributed by atoms with Gasteiger partial charge in [-0.15, -0.1) is 8.18 Å². The smallest absolute Gasteiger partial charge is 0.195 e. The molecule has 4 nitrogen and oxygen atoms in total. The van der Waals surface area contributed by atoms with E-state index in [1.165, 1.54) is 32.1 Å². The fraction of sp³-hybridized carbons (Fsp3) is 1.00. The lowest BCUT2D eigenvalue weighted by Gasteiger charge is -2.33. The zero-order valence-electron chi connectivity index (χ0n) is 13.8. The largest absolute Gasteiger partial charge is 0.416 e. The van der Waals surface area contributed by atoms with Crippen LogP contribution in [-0.2, 0) is 15.6 Å². The number of aromatic nitrogens is 2. The summed E-state index contributed by atoms with van der Waals surface area (Å²) in [5, 5.41) is 3.83. The van der Waals surface area contributed by atoms with Crippen molar-refractivity contribution in [3.8, 4) is 0 Å². The van der Waals surface area contributed by atoms with E-state index in [0.29, 0.717) is 6.04 Å². The number of hydrogen-bond acceptors (Lipinski definition) is 2. The molecule has 0 aliphatic heterocycles. The van der Waals surface area contributed by atoms with E-state index >= 15 is 0 Å². The maximum absolute atomic E-state index is 12.7. The SMILES string of the molecule is CC(C)(C)n1p(NC2CCCCC2)n(C(C)(C)C)[p+]1=O. The Morgan fingerprint density at radius 3 is 1.80 bits per heavy atom. The minimum absolute atomic E-state index is 0.0391. The molecule has 1 N–H and O–H groups in total. The summed E-state index contributed by atoms with van der Waals surface area (Å²) in [5.74, 6) is 0. The Morgan fingerprint density at radius 1 is 0.950 bits per heavy atom. The molecule has 0 aromatic carbocycles. The summed E-state index contributed by atoms with van der Waals surface area (Å²) in [5.41, 5.74) is -0.0782. The van der Waals surface area contributed by atoms with Crippen molar-refractivity contribution in [2.75, 3.05) is 5.09 Å². The first-order valence-electron chi connectivity index (χ1n) is 7.76. The highest BCUT2D eigenvalue weighted by atomic mass is 31.2. The summed E-state index contributed by atoms with van der Waals surface area (Å²) in [7, 11) is -2.03. The molecule has 1 aliphatic carbocycles. The molecule has 6 heteroatoms. The molecule has 1 heterocycles. The third-order valence-electron chi connectivity index (χ3n) is 3.79. The molecule has 1 aromatic heterocycles. The molecule has 20 heavy (non-hydrogen) atoms. The standard InChI is InChI=1S/C14H30N3OP2/c1-13(2,3)16-19(15-12-10-8-7-9-11-12)17(20(16)18)14(4,5)6/h12,15H,7-11H2,1-6H3/q+1. The van der Waals surface area contributed by atoms with E-state index in [2.05, 4.69) is 54.8 Å². The molecule has 0 spiro atoms. The van der Waals surface area contributed by atoms with E-state index in [4.69, 9.17) is 0 Å². The molecule has 2 rings (SSSR count). The highest BCUT2D eigenvalue weighted by Crippen LogP contribution is 2.50. The highest BCUT2D eigenvalue weighted by molar-refractivity contribution is 7.60. The van der Waals surface area contributed by atoms with Crippen molar-refractivity contribution in [2.45, 2.75) is 90.8 Å². The summed E-state index contributed by atoms with van der Waals surface area (Å²) < 4.78 is 17.1. The number of nitrogens with one attached hydrogen (secondary N) is 1. The van der Waals surface area contributed by atoms with Gasteiger partial charge in [-0.05, 0) is 54.4 Å². The third kappa shape index (κ3) is 3.24. The van der Waals surface area contributed by atoms with Gasteiger partial charge < -0.3 is 0 Å². The summed E-state index contributed by atoms with van der Waals surface area (Å²) in [6.45, 7) is 13.0. The summed E-state index contributed by atoms with van der Waals surface area (Å²) in [6, 6.07) is 0.605. The van der Waals surface area contributed by atoms with Gasteiger partial charge in [0, 0.05) is 6.04 Å². The number of rotatable bonds is 2. The first-order valence-corrected chi connectivity index (χ1v) is 10.2. The molecule has 1 saturated carbocycles. The second-order valence-corrected chi connectivity index (χ2v) is 11.5. The van der Waals surface area contributed by atoms with Gasteiger partial charge in [-0.3, -0.25) is 0 Å². The molecule has 0 saturated heterocycles. The minimum Gasteiger partial charge on any atom is -0.195 e. The van der Waals surface area contributed by atoms with Crippen LogP contribution in [0.1, 0.15) is 73.6 Å². The van der Waals surface area contributed by atoms with Crippen molar-refractivity contribution >= 4 is 15.7 Å². The second kappa shape index (κ2) is 5.63. The topological polar surface area (TPSA) is 39.0 Å². The normalized spacial score (nSPS) is 20.5. The second-order valence-electron chi connectivity index (χ2n) is 7.93. The molecular weight excluding hydrogens is 288 g/mol. The molecule has 1 aliphatic rings. The number of nitrogens with zero attached hydrogens (tertiary/aromatic N) is 2. The monoisotopic (exact) mass is 318 g/mol. The Bertz CT molecular complexity index is 474. The van der Waals surface area contributed by atoms with E-state index in [0.717, 1.165) is 0 Å². The Labute approximate surface area is 125 Å². The molecule has 116 valence electrons. The Morgan fingerprint density at radius 2 is 1.40 bits per heavy atom. The van der Waals surface area contributed by atoms with Gasteiger partial charge in [-0.1, -0.05) is 19.3 Å². The van der Waals surface area contributed by atoms with Crippen LogP contribution in [0, 0.1) is 0 Å². The van der Waals surface area contributed by atoms with Crippen molar-refractivity contribution in [1.29, 1.82) is 0 Å². The maximum Gasteiger partial charge on any atom is 0.416 e. The molecule has 1 fully saturated rings. The number of hydrogen-bond donors (Lipinski definition) is 1. The molecule has 1 aromatic rings.